The Kier molecular flexibility index (Phi) is 6.31. The molecule has 1 aromatic rings. The summed E-state index contributed by atoms with van der Waals surface area (Å²) in [6, 6.07) is 1.72. The van der Waals surface area contributed by atoms with Gasteiger partial charge in [-0.3, -0.25) is 0 Å². The summed E-state index contributed by atoms with van der Waals surface area (Å²) in [5.41, 5.74) is -0.301. The lowest BCUT2D eigenvalue weighted by atomic mass is 9.61. The summed E-state index contributed by atoms with van der Waals surface area (Å²) >= 11 is 0. The van der Waals surface area contributed by atoms with Crippen LogP contribution in [0.5, 0.6) is 0 Å². The first-order chi connectivity index (χ1) is 16.8. The first kappa shape index (κ1) is 25.4. The van der Waals surface area contributed by atoms with Gasteiger partial charge in [0.25, 0.3) is 0 Å². The van der Waals surface area contributed by atoms with E-state index >= 15 is 0 Å². The fourth-order valence-corrected chi connectivity index (χ4v) is 6.68. The van der Waals surface area contributed by atoms with E-state index in [1.54, 1.807) is 11.0 Å². The number of nitrogens with one attached hydrogen (secondary N) is 1. The molecule has 2 spiro atoms. The molecule has 1 N–H and O–H groups in total. The highest BCUT2D eigenvalue weighted by Gasteiger charge is 2.54. The van der Waals surface area contributed by atoms with Gasteiger partial charge in [-0.05, 0) is 64.7 Å². The topological polar surface area (TPSA) is 70.6 Å². The Morgan fingerprint density at radius 1 is 1.00 bits per heavy atom. The molecule has 0 radical (unpaired) electrons. The molecule has 1 amide bonds. The minimum Gasteiger partial charge on any atom is -0.444 e. The molecule has 0 bridgehead atoms. The van der Waals surface area contributed by atoms with Crippen molar-refractivity contribution in [3.05, 3.63) is 11.9 Å². The predicted molar refractivity (Wildman–Crippen MR) is 131 cm³/mol. The Hall–Kier alpha value is -2.26. The van der Waals surface area contributed by atoms with Crippen LogP contribution in [0, 0.1) is 10.8 Å². The van der Waals surface area contributed by atoms with Gasteiger partial charge in [-0.15, -0.1) is 0 Å². The van der Waals surface area contributed by atoms with Crippen LogP contribution in [0.15, 0.2) is 6.07 Å². The highest BCUT2D eigenvalue weighted by Crippen LogP contribution is 2.50. The molecule has 2 saturated heterocycles. The molecule has 2 aliphatic carbocycles. The lowest BCUT2D eigenvalue weighted by molar-refractivity contribution is -0.144. The number of nitrogens with zero attached hydrogens (tertiary/aromatic N) is 4. The van der Waals surface area contributed by atoms with E-state index in [-0.39, 0.29) is 28.8 Å². The lowest BCUT2D eigenvalue weighted by Crippen LogP contribution is -2.66. The molecule has 36 heavy (non-hydrogen) atoms. The van der Waals surface area contributed by atoms with Gasteiger partial charge in [-0.2, -0.15) is 13.2 Å². The number of amides is 1. The van der Waals surface area contributed by atoms with E-state index in [4.69, 9.17) is 4.74 Å². The molecule has 2 saturated carbocycles. The van der Waals surface area contributed by atoms with Crippen molar-refractivity contribution in [2.75, 3.05) is 36.4 Å². The number of carbonyl (C=O) groups excluding carboxylic acids is 1. The third kappa shape index (κ3) is 5.37. The fraction of sp³-hybridized carbons (Fsp3) is 0.808. The van der Waals surface area contributed by atoms with Gasteiger partial charge in [0.15, 0.2) is 0 Å². The van der Waals surface area contributed by atoms with E-state index < -0.39 is 17.6 Å². The maximum atomic E-state index is 13.7. The van der Waals surface area contributed by atoms with Crippen molar-refractivity contribution in [1.29, 1.82) is 0 Å². The first-order valence-corrected chi connectivity index (χ1v) is 13.3. The van der Waals surface area contributed by atoms with Gasteiger partial charge >= 0.3 is 12.3 Å². The third-order valence-electron chi connectivity index (χ3n) is 8.28. The number of hydrogen-bond donors (Lipinski definition) is 1. The second-order valence-corrected chi connectivity index (χ2v) is 12.6. The van der Waals surface area contributed by atoms with E-state index in [9.17, 15) is 18.0 Å². The maximum Gasteiger partial charge on any atom is 0.451 e. The Bertz CT molecular complexity index is 967. The van der Waals surface area contributed by atoms with Crippen LogP contribution >= 0.6 is 0 Å². The minimum atomic E-state index is -4.60. The highest BCUT2D eigenvalue weighted by molar-refractivity contribution is 5.69. The molecule has 2 aliphatic heterocycles. The standard InChI is InChI=1S/C26H38F3N5O2/c1-23(2,3)36-22(35)34-16-25(17-34)13-18(14-25)30-19-12-20(32-21(31-19)26(27,28)29)33-11-7-10-24(15-33)8-5-4-6-9-24/h12,18H,4-11,13-17H2,1-3H3,(H,30,31,32). The summed E-state index contributed by atoms with van der Waals surface area (Å²) in [7, 11) is 0. The van der Waals surface area contributed by atoms with Crippen LogP contribution in [0.2, 0.25) is 0 Å². The molecular formula is C26H38F3N5O2. The van der Waals surface area contributed by atoms with Crippen LogP contribution in [-0.4, -0.2) is 58.8 Å². The van der Waals surface area contributed by atoms with E-state index in [0.717, 1.165) is 51.6 Å². The van der Waals surface area contributed by atoms with Crippen molar-refractivity contribution in [3.63, 3.8) is 0 Å². The highest BCUT2D eigenvalue weighted by atomic mass is 19.4. The number of hydrogen-bond acceptors (Lipinski definition) is 6. The van der Waals surface area contributed by atoms with E-state index in [0.29, 0.717) is 18.9 Å². The van der Waals surface area contributed by atoms with Crippen molar-refractivity contribution < 1.29 is 22.7 Å². The SMILES string of the molecule is CC(C)(C)OC(=O)N1CC2(CC(Nc3cc(N4CCCC5(CCCCC5)C4)nc(C(F)(F)F)n3)C2)C1. The number of rotatable bonds is 3. The zero-order chi connectivity index (χ0) is 25.8. The molecule has 7 nitrogen and oxygen atoms in total. The normalized spacial score (nSPS) is 23.8. The van der Waals surface area contributed by atoms with Crippen LogP contribution in [0.25, 0.3) is 0 Å². The smallest absolute Gasteiger partial charge is 0.444 e. The van der Waals surface area contributed by atoms with Gasteiger partial charge < -0.3 is 19.9 Å². The predicted octanol–water partition coefficient (Wildman–Crippen LogP) is 5.86. The summed E-state index contributed by atoms with van der Waals surface area (Å²) in [4.78, 5) is 23.8. The zero-order valence-electron chi connectivity index (χ0n) is 21.6. The molecule has 0 atom stereocenters. The second-order valence-electron chi connectivity index (χ2n) is 12.6. The fourth-order valence-electron chi connectivity index (χ4n) is 6.68. The summed E-state index contributed by atoms with van der Waals surface area (Å²) < 4.78 is 46.5. The van der Waals surface area contributed by atoms with Crippen LogP contribution < -0.4 is 10.2 Å². The van der Waals surface area contributed by atoms with Gasteiger partial charge in [-0.25, -0.2) is 14.8 Å². The maximum absolute atomic E-state index is 13.7. The summed E-state index contributed by atoms with van der Waals surface area (Å²) in [5.74, 6) is -0.475. The number of alkyl halides is 3. The Morgan fingerprint density at radius 3 is 2.31 bits per heavy atom. The largest absolute Gasteiger partial charge is 0.451 e. The molecular weight excluding hydrogens is 471 g/mol. The average Bonchev–Trinajstić information content (AvgIpc) is 2.73. The summed E-state index contributed by atoms with van der Waals surface area (Å²) in [6.07, 6.45) is 4.75. The third-order valence-corrected chi connectivity index (χ3v) is 8.28. The molecule has 4 aliphatic rings. The Morgan fingerprint density at radius 2 is 1.67 bits per heavy atom. The molecule has 4 fully saturated rings. The molecule has 1 aromatic heterocycles. The zero-order valence-corrected chi connectivity index (χ0v) is 21.6. The van der Waals surface area contributed by atoms with Crippen LogP contribution in [-0.2, 0) is 10.9 Å². The molecule has 0 aromatic carbocycles. The van der Waals surface area contributed by atoms with Gasteiger partial charge in [0.1, 0.15) is 17.2 Å². The number of halogens is 3. The first-order valence-electron chi connectivity index (χ1n) is 13.3. The quantitative estimate of drug-likeness (QED) is 0.551. The number of piperidine rings is 1. The number of anilines is 2. The monoisotopic (exact) mass is 509 g/mol. The van der Waals surface area contributed by atoms with Crippen molar-refractivity contribution in [2.45, 2.75) is 96.4 Å². The number of likely N-dealkylation sites (tertiary alicyclic amines) is 1. The van der Waals surface area contributed by atoms with Crippen molar-refractivity contribution in [3.8, 4) is 0 Å². The van der Waals surface area contributed by atoms with E-state index in [2.05, 4.69) is 15.3 Å². The molecule has 10 heteroatoms. The van der Waals surface area contributed by atoms with Crippen LogP contribution in [0.4, 0.5) is 29.6 Å². The minimum absolute atomic E-state index is 0.0253. The van der Waals surface area contributed by atoms with E-state index in [1.807, 2.05) is 25.7 Å². The average molecular weight is 510 g/mol. The van der Waals surface area contributed by atoms with E-state index in [1.165, 1.54) is 19.3 Å². The lowest BCUT2D eigenvalue weighted by Gasteiger charge is -2.58. The van der Waals surface area contributed by atoms with Crippen molar-refractivity contribution in [2.24, 2.45) is 10.8 Å². The van der Waals surface area contributed by atoms with Gasteiger partial charge in [0.2, 0.25) is 5.82 Å². The molecule has 200 valence electrons. The summed E-state index contributed by atoms with van der Waals surface area (Å²) in [6.45, 7) is 8.27. The van der Waals surface area contributed by atoms with Gasteiger partial charge in [-0.1, -0.05) is 19.3 Å². The molecule has 0 unspecified atom stereocenters. The number of aromatic nitrogens is 2. The summed E-state index contributed by atoms with van der Waals surface area (Å²) in [5, 5.41) is 3.23. The Labute approximate surface area is 211 Å². The van der Waals surface area contributed by atoms with Crippen molar-refractivity contribution in [1.82, 2.24) is 14.9 Å². The second kappa shape index (κ2) is 8.94. The van der Waals surface area contributed by atoms with Crippen LogP contribution in [0.1, 0.15) is 84.4 Å². The van der Waals surface area contributed by atoms with Crippen molar-refractivity contribution >= 4 is 17.7 Å². The van der Waals surface area contributed by atoms with Gasteiger partial charge in [0, 0.05) is 43.7 Å². The number of ether oxygens (including phenoxy) is 1. The number of carbonyl (C=O) groups is 1. The molecule has 5 rings (SSSR count). The Balaban J connectivity index is 1.24. The molecule has 3 heterocycles. The van der Waals surface area contributed by atoms with Crippen LogP contribution in [0.3, 0.4) is 0 Å². The van der Waals surface area contributed by atoms with Gasteiger partial charge in [0.05, 0.1) is 0 Å².